The van der Waals surface area contributed by atoms with E-state index in [4.69, 9.17) is 4.74 Å². The molecular weight excluding hydrogens is 361 g/mol. The van der Waals surface area contributed by atoms with Crippen molar-refractivity contribution in [2.45, 2.75) is 13.1 Å². The molecule has 5 nitrogen and oxygen atoms in total. The van der Waals surface area contributed by atoms with Gasteiger partial charge in [0.15, 0.2) is 0 Å². The number of urea groups is 1. The van der Waals surface area contributed by atoms with Crippen molar-refractivity contribution in [3.63, 3.8) is 0 Å². The lowest BCUT2D eigenvalue weighted by Crippen LogP contribution is -2.17. The van der Waals surface area contributed by atoms with Gasteiger partial charge in [-0.15, -0.1) is 0 Å². The van der Waals surface area contributed by atoms with Crippen molar-refractivity contribution in [1.82, 2.24) is 4.98 Å². The monoisotopic (exact) mass is 373 g/mol. The van der Waals surface area contributed by atoms with E-state index in [0.29, 0.717) is 12.3 Å². The zero-order valence-electron chi connectivity index (χ0n) is 13.3. The Morgan fingerprint density at radius 1 is 1.19 bits per heavy atom. The Labute approximate surface area is 144 Å². The van der Waals surface area contributed by atoms with Crippen molar-refractivity contribution in [2.24, 2.45) is 4.99 Å². The summed E-state index contributed by atoms with van der Waals surface area (Å²) in [7, 11) is 0. The summed E-state index contributed by atoms with van der Waals surface area (Å²) < 4.78 is 70.0. The number of carbonyl (C=O) groups excluding carboxylic acids is 1. The Hall–Kier alpha value is -3.04. The number of alkyl halides is 3. The number of anilines is 1. The first kappa shape index (κ1) is 19.3. The van der Waals surface area contributed by atoms with Gasteiger partial charge >= 0.3 is 12.2 Å². The number of benzene rings is 1. The van der Waals surface area contributed by atoms with Crippen LogP contribution in [0.1, 0.15) is 18.1 Å². The molecule has 0 saturated carbocycles. The van der Waals surface area contributed by atoms with Crippen LogP contribution in [0.5, 0.6) is 0 Å². The average molecular weight is 373 g/mol. The molecule has 1 aromatic carbocycles. The SMILES string of the molecule is CCOC(=NC(=O)Nc1ccc(C(F)(F)F)cn1)c1c(F)cccc1F. The van der Waals surface area contributed by atoms with Crippen LogP contribution in [0.15, 0.2) is 41.5 Å². The number of hydrogen-bond donors (Lipinski definition) is 1. The number of hydrogen-bond acceptors (Lipinski definition) is 3. The first-order chi connectivity index (χ1) is 12.2. The molecule has 0 radical (unpaired) electrons. The Kier molecular flexibility index (Phi) is 5.86. The molecular formula is C16H12F5N3O2. The summed E-state index contributed by atoms with van der Waals surface area (Å²) in [5.74, 6) is -2.81. The van der Waals surface area contributed by atoms with Crippen LogP contribution >= 0.6 is 0 Å². The molecule has 0 unspecified atom stereocenters. The Balaban J connectivity index is 2.24. The molecule has 1 heterocycles. The van der Waals surface area contributed by atoms with Crippen LogP contribution in [0.3, 0.4) is 0 Å². The van der Waals surface area contributed by atoms with Crippen LogP contribution in [0.25, 0.3) is 0 Å². The van der Waals surface area contributed by atoms with Crippen molar-refractivity contribution >= 4 is 17.7 Å². The number of halogens is 5. The van der Waals surface area contributed by atoms with Gasteiger partial charge in [-0.25, -0.2) is 18.6 Å². The number of nitrogens with one attached hydrogen (secondary N) is 1. The average Bonchev–Trinajstić information content (AvgIpc) is 2.54. The van der Waals surface area contributed by atoms with Gasteiger partial charge in [0, 0.05) is 6.20 Å². The number of pyridine rings is 1. The molecule has 0 aliphatic heterocycles. The second kappa shape index (κ2) is 7.89. The van der Waals surface area contributed by atoms with Gasteiger partial charge < -0.3 is 4.74 Å². The molecule has 0 bridgehead atoms. The third-order valence-corrected chi connectivity index (χ3v) is 2.99. The molecule has 0 aliphatic rings. The molecule has 0 aliphatic carbocycles. The standard InChI is InChI=1S/C16H12F5N3O2/c1-2-26-14(13-10(17)4-3-5-11(13)18)24-15(25)23-12-7-6-9(8-22-12)16(19,20)21/h3-8H,2H2,1H3,(H,22,23,25). The Morgan fingerprint density at radius 2 is 1.85 bits per heavy atom. The van der Waals surface area contributed by atoms with Crippen LogP contribution in [0, 0.1) is 11.6 Å². The first-order valence-electron chi connectivity index (χ1n) is 7.22. The lowest BCUT2D eigenvalue weighted by Gasteiger charge is -2.10. The first-order valence-corrected chi connectivity index (χ1v) is 7.22. The van der Waals surface area contributed by atoms with E-state index >= 15 is 0 Å². The van der Waals surface area contributed by atoms with Crippen LogP contribution in [-0.2, 0) is 10.9 Å². The molecule has 0 atom stereocenters. The number of rotatable bonds is 3. The van der Waals surface area contributed by atoms with E-state index in [2.05, 4.69) is 15.3 Å². The van der Waals surface area contributed by atoms with Gasteiger partial charge in [-0.1, -0.05) is 6.07 Å². The predicted molar refractivity (Wildman–Crippen MR) is 82.8 cm³/mol. The fourth-order valence-corrected chi connectivity index (χ4v) is 1.86. The number of aromatic nitrogens is 1. The highest BCUT2D eigenvalue weighted by atomic mass is 19.4. The van der Waals surface area contributed by atoms with Gasteiger partial charge in [-0.2, -0.15) is 18.2 Å². The van der Waals surface area contributed by atoms with Crippen LogP contribution < -0.4 is 5.32 Å². The van der Waals surface area contributed by atoms with E-state index < -0.39 is 40.9 Å². The summed E-state index contributed by atoms with van der Waals surface area (Å²) in [6.07, 6.45) is -4.04. The van der Waals surface area contributed by atoms with Crippen molar-refractivity contribution in [1.29, 1.82) is 0 Å². The van der Waals surface area contributed by atoms with Gasteiger partial charge in [-0.3, -0.25) is 5.32 Å². The summed E-state index contributed by atoms with van der Waals surface area (Å²) >= 11 is 0. The molecule has 138 valence electrons. The zero-order valence-corrected chi connectivity index (χ0v) is 13.3. The van der Waals surface area contributed by atoms with E-state index in [1.807, 2.05) is 0 Å². The van der Waals surface area contributed by atoms with Crippen molar-refractivity contribution in [3.8, 4) is 0 Å². The number of ether oxygens (including phenoxy) is 1. The molecule has 1 N–H and O–H groups in total. The lowest BCUT2D eigenvalue weighted by molar-refractivity contribution is -0.137. The largest absolute Gasteiger partial charge is 0.477 e. The number of nitrogens with zero attached hydrogens (tertiary/aromatic N) is 2. The van der Waals surface area contributed by atoms with Gasteiger partial charge in [0.1, 0.15) is 23.0 Å². The Morgan fingerprint density at radius 3 is 2.35 bits per heavy atom. The summed E-state index contributed by atoms with van der Waals surface area (Å²) in [5, 5.41) is 2.09. The normalized spacial score (nSPS) is 12.0. The van der Waals surface area contributed by atoms with Crippen molar-refractivity contribution in [3.05, 3.63) is 59.3 Å². The van der Waals surface area contributed by atoms with E-state index in [1.165, 1.54) is 6.92 Å². The molecule has 0 spiro atoms. The highest BCUT2D eigenvalue weighted by Crippen LogP contribution is 2.28. The topological polar surface area (TPSA) is 63.6 Å². The maximum Gasteiger partial charge on any atom is 0.417 e. The lowest BCUT2D eigenvalue weighted by atomic mass is 10.2. The minimum absolute atomic E-state index is 0.0293. The van der Waals surface area contributed by atoms with Crippen molar-refractivity contribution < 1.29 is 31.5 Å². The fraction of sp³-hybridized carbons (Fsp3) is 0.188. The predicted octanol–water partition coefficient (Wildman–Crippen LogP) is 4.39. The quantitative estimate of drug-likeness (QED) is 0.493. The summed E-state index contributed by atoms with van der Waals surface area (Å²) in [5.41, 5.74) is -1.63. The number of amides is 2. The maximum atomic E-state index is 13.8. The molecule has 2 amide bonds. The van der Waals surface area contributed by atoms with Crippen LogP contribution in [0.4, 0.5) is 32.6 Å². The van der Waals surface area contributed by atoms with Crippen molar-refractivity contribution in [2.75, 3.05) is 11.9 Å². The molecule has 1 aromatic heterocycles. The van der Waals surface area contributed by atoms with Gasteiger partial charge in [0.2, 0.25) is 5.90 Å². The smallest absolute Gasteiger partial charge is 0.417 e. The molecule has 10 heteroatoms. The molecule has 2 rings (SSSR count). The number of carbonyl (C=O) groups is 1. The Bertz CT molecular complexity index is 799. The van der Waals surface area contributed by atoms with Gasteiger partial charge in [-0.05, 0) is 31.2 Å². The second-order valence-corrected chi connectivity index (χ2v) is 4.81. The van der Waals surface area contributed by atoms with E-state index in [1.54, 1.807) is 0 Å². The van der Waals surface area contributed by atoms with Crippen LogP contribution in [-0.4, -0.2) is 23.5 Å². The van der Waals surface area contributed by atoms with E-state index in [-0.39, 0.29) is 12.4 Å². The minimum Gasteiger partial charge on any atom is -0.477 e. The summed E-state index contributed by atoms with van der Waals surface area (Å²) in [4.78, 5) is 18.8. The highest BCUT2D eigenvalue weighted by Gasteiger charge is 2.30. The summed E-state index contributed by atoms with van der Waals surface area (Å²) in [6.45, 7) is 1.49. The number of aliphatic imine (C=N–C) groups is 1. The third kappa shape index (κ3) is 4.74. The molecule has 0 fully saturated rings. The van der Waals surface area contributed by atoms with E-state index in [9.17, 15) is 26.7 Å². The third-order valence-electron chi connectivity index (χ3n) is 2.99. The zero-order chi connectivity index (χ0) is 19.3. The fourth-order valence-electron chi connectivity index (χ4n) is 1.86. The van der Waals surface area contributed by atoms with Gasteiger partial charge in [0.05, 0.1) is 12.2 Å². The van der Waals surface area contributed by atoms with E-state index in [0.717, 1.165) is 24.3 Å². The van der Waals surface area contributed by atoms with Crippen LogP contribution in [0.2, 0.25) is 0 Å². The highest BCUT2D eigenvalue weighted by molar-refractivity contribution is 6.04. The summed E-state index contributed by atoms with van der Waals surface area (Å²) in [6, 6.07) is 3.56. The van der Waals surface area contributed by atoms with Gasteiger partial charge in [0.25, 0.3) is 0 Å². The molecule has 2 aromatic rings. The molecule has 26 heavy (non-hydrogen) atoms. The molecule has 0 saturated heterocycles. The minimum atomic E-state index is -4.57. The second-order valence-electron chi connectivity index (χ2n) is 4.81. The maximum absolute atomic E-state index is 13.8.